The molecule has 3 rings (SSSR count). The van der Waals surface area contributed by atoms with Crippen molar-refractivity contribution in [2.24, 2.45) is 5.41 Å². The Morgan fingerprint density at radius 2 is 2.36 bits per heavy atom. The molecular formula is C16H17ClN2O2S. The second-order valence-electron chi connectivity index (χ2n) is 5.73. The molecule has 0 amide bonds. The van der Waals surface area contributed by atoms with Crippen molar-refractivity contribution in [2.45, 2.75) is 19.3 Å². The lowest BCUT2D eigenvalue weighted by Crippen LogP contribution is -2.49. The van der Waals surface area contributed by atoms with Crippen LogP contribution >= 0.6 is 22.9 Å². The van der Waals surface area contributed by atoms with Gasteiger partial charge >= 0.3 is 5.97 Å². The average molecular weight is 337 g/mol. The fourth-order valence-electron chi connectivity index (χ4n) is 3.10. The molecule has 4 nitrogen and oxygen atoms in total. The van der Waals surface area contributed by atoms with Crippen LogP contribution in [0.4, 0.5) is 5.13 Å². The predicted octanol–water partition coefficient (Wildman–Crippen LogP) is 3.71. The highest BCUT2D eigenvalue weighted by Crippen LogP contribution is 2.37. The number of benzene rings is 1. The van der Waals surface area contributed by atoms with Crippen molar-refractivity contribution in [3.63, 3.8) is 0 Å². The summed E-state index contributed by atoms with van der Waals surface area (Å²) in [5.41, 5.74) is 0.185. The van der Waals surface area contributed by atoms with Crippen LogP contribution in [-0.2, 0) is 11.2 Å². The second kappa shape index (κ2) is 6.26. The molecule has 1 N–H and O–H groups in total. The molecule has 1 saturated heterocycles. The number of piperidine rings is 1. The first-order valence-corrected chi connectivity index (χ1v) is 8.47. The van der Waals surface area contributed by atoms with Gasteiger partial charge in [0, 0.05) is 29.7 Å². The van der Waals surface area contributed by atoms with E-state index < -0.39 is 11.4 Å². The molecule has 116 valence electrons. The van der Waals surface area contributed by atoms with E-state index in [0.717, 1.165) is 23.7 Å². The molecule has 1 atom stereocenters. The average Bonchev–Trinajstić information content (AvgIpc) is 3.01. The Morgan fingerprint density at radius 1 is 1.50 bits per heavy atom. The van der Waals surface area contributed by atoms with Crippen LogP contribution in [-0.4, -0.2) is 29.1 Å². The number of halogens is 1. The molecule has 22 heavy (non-hydrogen) atoms. The van der Waals surface area contributed by atoms with Gasteiger partial charge in [0.15, 0.2) is 5.13 Å². The molecule has 1 aliphatic rings. The second-order valence-corrected chi connectivity index (χ2v) is 7.04. The van der Waals surface area contributed by atoms with Gasteiger partial charge in [0.05, 0.1) is 5.41 Å². The third-order valence-electron chi connectivity index (χ3n) is 4.15. The van der Waals surface area contributed by atoms with E-state index in [4.69, 9.17) is 11.6 Å². The van der Waals surface area contributed by atoms with Crippen LogP contribution in [0.2, 0.25) is 5.02 Å². The molecule has 1 aromatic carbocycles. The van der Waals surface area contributed by atoms with E-state index in [1.807, 2.05) is 23.6 Å². The summed E-state index contributed by atoms with van der Waals surface area (Å²) in [6.45, 7) is 1.35. The summed E-state index contributed by atoms with van der Waals surface area (Å²) in [6, 6.07) is 7.48. The van der Waals surface area contributed by atoms with Gasteiger partial charge in [0.2, 0.25) is 0 Å². The van der Waals surface area contributed by atoms with Gasteiger partial charge in [-0.05, 0) is 37.0 Å². The highest BCUT2D eigenvalue weighted by Gasteiger charge is 2.43. The number of hydrogen-bond acceptors (Lipinski definition) is 4. The molecule has 6 heteroatoms. The summed E-state index contributed by atoms with van der Waals surface area (Å²) < 4.78 is 0. The quantitative estimate of drug-likeness (QED) is 0.924. The number of anilines is 1. The Bertz CT molecular complexity index is 662. The number of aliphatic carboxylic acids is 1. The number of thiazole rings is 1. The first-order valence-electron chi connectivity index (χ1n) is 7.21. The molecule has 1 aromatic heterocycles. The first kappa shape index (κ1) is 15.3. The van der Waals surface area contributed by atoms with Crippen LogP contribution in [0.3, 0.4) is 0 Å². The molecule has 2 heterocycles. The lowest BCUT2D eigenvalue weighted by Gasteiger charge is -2.40. The Kier molecular flexibility index (Phi) is 4.36. The maximum atomic E-state index is 12.0. The van der Waals surface area contributed by atoms with Crippen molar-refractivity contribution in [1.82, 2.24) is 4.98 Å². The molecule has 2 aromatic rings. The van der Waals surface area contributed by atoms with Gasteiger partial charge < -0.3 is 10.0 Å². The van der Waals surface area contributed by atoms with Gasteiger partial charge in [-0.1, -0.05) is 23.7 Å². The maximum absolute atomic E-state index is 12.0. The van der Waals surface area contributed by atoms with E-state index in [-0.39, 0.29) is 0 Å². The lowest BCUT2D eigenvalue weighted by molar-refractivity contribution is -0.149. The van der Waals surface area contributed by atoms with E-state index in [0.29, 0.717) is 24.4 Å². The number of rotatable bonds is 4. The summed E-state index contributed by atoms with van der Waals surface area (Å²) in [6.07, 6.45) is 3.78. The number of aromatic nitrogens is 1. The Balaban J connectivity index is 1.86. The lowest BCUT2D eigenvalue weighted by atomic mass is 9.75. The summed E-state index contributed by atoms with van der Waals surface area (Å²) in [5, 5.41) is 13.3. The monoisotopic (exact) mass is 336 g/mol. The Hall–Kier alpha value is -1.59. The van der Waals surface area contributed by atoms with E-state index in [1.165, 1.54) is 0 Å². The smallest absolute Gasteiger partial charge is 0.311 e. The summed E-state index contributed by atoms with van der Waals surface area (Å²) >= 11 is 7.58. The molecule has 0 spiro atoms. The normalized spacial score (nSPS) is 21.8. The van der Waals surface area contributed by atoms with E-state index >= 15 is 0 Å². The summed E-state index contributed by atoms with van der Waals surface area (Å²) in [7, 11) is 0. The van der Waals surface area contributed by atoms with E-state index in [2.05, 4.69) is 9.88 Å². The van der Waals surface area contributed by atoms with Crippen LogP contribution in [0.1, 0.15) is 18.4 Å². The van der Waals surface area contributed by atoms with E-state index in [1.54, 1.807) is 23.6 Å². The standard InChI is InChI=1S/C16H17ClN2O2S/c17-13-4-1-3-12(9-13)10-16(14(20)21)5-2-7-19(11-16)15-18-6-8-22-15/h1,3-4,6,8-9H,2,5,7,10-11H2,(H,20,21)/t16-/m1/s1. The van der Waals surface area contributed by atoms with Gasteiger partial charge in [0.25, 0.3) is 0 Å². The van der Waals surface area contributed by atoms with Crippen molar-refractivity contribution in [1.29, 1.82) is 0 Å². The molecule has 0 bridgehead atoms. The third-order valence-corrected chi connectivity index (χ3v) is 5.22. The molecule has 0 radical (unpaired) electrons. The largest absolute Gasteiger partial charge is 0.481 e. The molecule has 0 aliphatic carbocycles. The van der Waals surface area contributed by atoms with Crippen molar-refractivity contribution < 1.29 is 9.90 Å². The topological polar surface area (TPSA) is 53.4 Å². The number of carbonyl (C=O) groups is 1. The summed E-state index contributed by atoms with van der Waals surface area (Å²) in [5.74, 6) is -0.742. The van der Waals surface area contributed by atoms with Crippen LogP contribution in [0.25, 0.3) is 0 Å². The van der Waals surface area contributed by atoms with Crippen molar-refractivity contribution in [2.75, 3.05) is 18.0 Å². The molecule has 1 aliphatic heterocycles. The van der Waals surface area contributed by atoms with Crippen LogP contribution in [0, 0.1) is 5.41 Å². The molecule has 0 saturated carbocycles. The minimum absolute atomic E-state index is 0.488. The van der Waals surface area contributed by atoms with Crippen LogP contribution in [0.5, 0.6) is 0 Å². The molecule has 0 unspecified atom stereocenters. The Morgan fingerprint density at radius 3 is 3.05 bits per heavy atom. The van der Waals surface area contributed by atoms with Gasteiger partial charge in [-0.15, -0.1) is 11.3 Å². The van der Waals surface area contributed by atoms with Crippen molar-refractivity contribution in [3.05, 3.63) is 46.4 Å². The van der Waals surface area contributed by atoms with Crippen LogP contribution in [0.15, 0.2) is 35.8 Å². The van der Waals surface area contributed by atoms with Gasteiger partial charge in [-0.3, -0.25) is 4.79 Å². The zero-order chi connectivity index (χ0) is 15.6. The number of nitrogens with zero attached hydrogens (tertiary/aromatic N) is 2. The maximum Gasteiger partial charge on any atom is 0.311 e. The fraction of sp³-hybridized carbons (Fsp3) is 0.375. The third kappa shape index (κ3) is 3.10. The van der Waals surface area contributed by atoms with Gasteiger partial charge in [-0.2, -0.15) is 0 Å². The number of carboxylic acid groups (broad SMARTS) is 1. The Labute approximate surface area is 138 Å². The molecular weight excluding hydrogens is 320 g/mol. The number of hydrogen-bond donors (Lipinski definition) is 1. The minimum atomic E-state index is -0.783. The predicted molar refractivity (Wildman–Crippen MR) is 88.8 cm³/mol. The summed E-state index contributed by atoms with van der Waals surface area (Å²) in [4.78, 5) is 18.4. The van der Waals surface area contributed by atoms with Gasteiger partial charge in [-0.25, -0.2) is 4.98 Å². The van der Waals surface area contributed by atoms with Crippen LogP contribution < -0.4 is 4.90 Å². The molecule has 1 fully saturated rings. The SMILES string of the molecule is O=C(O)[C@@]1(Cc2cccc(Cl)c2)CCCN(c2nccs2)C1. The minimum Gasteiger partial charge on any atom is -0.481 e. The van der Waals surface area contributed by atoms with Crippen molar-refractivity contribution in [3.8, 4) is 0 Å². The first-order chi connectivity index (χ1) is 10.6. The zero-order valence-corrected chi connectivity index (χ0v) is 13.6. The van der Waals surface area contributed by atoms with Gasteiger partial charge in [0.1, 0.15) is 0 Å². The van der Waals surface area contributed by atoms with Crippen molar-refractivity contribution >= 4 is 34.0 Å². The highest BCUT2D eigenvalue weighted by atomic mass is 35.5. The number of carboxylic acids is 1. The zero-order valence-electron chi connectivity index (χ0n) is 12.0. The van der Waals surface area contributed by atoms with E-state index in [9.17, 15) is 9.90 Å². The highest BCUT2D eigenvalue weighted by molar-refractivity contribution is 7.13. The fourth-order valence-corrected chi connectivity index (χ4v) is 3.98.